The number of H-pyrrole nitrogens is 1. The first kappa shape index (κ1) is 17.0. The SMILES string of the molecule is CC(C)CCNc1ccc(NC(=O)Cc2c[nH]c3ccccc23)cn1. The van der Waals surface area contributed by atoms with Gasteiger partial charge in [-0.3, -0.25) is 4.79 Å². The predicted octanol–water partition coefficient (Wildman–Crippen LogP) is 4.20. The molecule has 0 atom stereocenters. The molecule has 0 fully saturated rings. The van der Waals surface area contributed by atoms with Gasteiger partial charge in [-0.1, -0.05) is 32.0 Å². The Morgan fingerprint density at radius 2 is 2.04 bits per heavy atom. The summed E-state index contributed by atoms with van der Waals surface area (Å²) in [4.78, 5) is 19.8. The molecule has 3 N–H and O–H groups in total. The summed E-state index contributed by atoms with van der Waals surface area (Å²) < 4.78 is 0. The van der Waals surface area contributed by atoms with E-state index >= 15 is 0 Å². The van der Waals surface area contributed by atoms with Crippen LogP contribution in [-0.2, 0) is 11.2 Å². The zero-order valence-electron chi connectivity index (χ0n) is 14.7. The lowest BCUT2D eigenvalue weighted by atomic mass is 10.1. The Morgan fingerprint density at radius 1 is 1.20 bits per heavy atom. The number of aromatic amines is 1. The number of hydrogen-bond donors (Lipinski definition) is 3. The third-order valence-electron chi connectivity index (χ3n) is 4.10. The molecule has 0 bridgehead atoms. The Hall–Kier alpha value is -2.82. The van der Waals surface area contributed by atoms with Gasteiger partial charge in [0.2, 0.25) is 5.91 Å². The maximum absolute atomic E-state index is 12.3. The average Bonchev–Trinajstić information content (AvgIpc) is 2.99. The quantitative estimate of drug-likeness (QED) is 0.605. The molecule has 0 aliphatic heterocycles. The van der Waals surface area contributed by atoms with Gasteiger partial charge in [0.05, 0.1) is 18.3 Å². The van der Waals surface area contributed by atoms with Crippen molar-refractivity contribution in [2.24, 2.45) is 5.92 Å². The molecule has 0 aliphatic rings. The minimum Gasteiger partial charge on any atom is -0.370 e. The number of carbonyl (C=O) groups excluding carboxylic acids is 1. The largest absolute Gasteiger partial charge is 0.370 e. The molecule has 1 aromatic carbocycles. The fourth-order valence-corrected chi connectivity index (χ4v) is 2.72. The van der Waals surface area contributed by atoms with E-state index in [4.69, 9.17) is 0 Å². The van der Waals surface area contributed by atoms with E-state index in [0.29, 0.717) is 18.0 Å². The van der Waals surface area contributed by atoms with Gasteiger partial charge in [0.25, 0.3) is 0 Å². The Kier molecular flexibility index (Phi) is 5.33. The van der Waals surface area contributed by atoms with Crippen molar-refractivity contribution in [1.29, 1.82) is 0 Å². The molecule has 0 radical (unpaired) electrons. The molecule has 5 heteroatoms. The fraction of sp³-hybridized carbons (Fsp3) is 0.300. The van der Waals surface area contributed by atoms with Gasteiger partial charge in [0.15, 0.2) is 0 Å². The third-order valence-corrected chi connectivity index (χ3v) is 4.10. The van der Waals surface area contributed by atoms with Crippen molar-refractivity contribution in [1.82, 2.24) is 9.97 Å². The Labute approximate surface area is 147 Å². The van der Waals surface area contributed by atoms with Crippen LogP contribution in [0.15, 0.2) is 48.8 Å². The number of benzene rings is 1. The fourth-order valence-electron chi connectivity index (χ4n) is 2.72. The lowest BCUT2D eigenvalue weighted by molar-refractivity contribution is -0.115. The lowest BCUT2D eigenvalue weighted by Crippen LogP contribution is -2.14. The van der Waals surface area contributed by atoms with Crippen molar-refractivity contribution in [3.63, 3.8) is 0 Å². The van der Waals surface area contributed by atoms with Crippen LogP contribution in [0.3, 0.4) is 0 Å². The van der Waals surface area contributed by atoms with E-state index < -0.39 is 0 Å². The number of nitrogens with zero attached hydrogens (tertiary/aromatic N) is 1. The molecule has 0 unspecified atom stereocenters. The van der Waals surface area contributed by atoms with Crippen molar-refractivity contribution in [2.45, 2.75) is 26.7 Å². The molecule has 3 rings (SSSR count). The van der Waals surface area contributed by atoms with Gasteiger partial charge in [-0.15, -0.1) is 0 Å². The predicted molar refractivity (Wildman–Crippen MR) is 103 cm³/mol. The van der Waals surface area contributed by atoms with Crippen LogP contribution in [0.4, 0.5) is 11.5 Å². The van der Waals surface area contributed by atoms with Crippen molar-refractivity contribution in [3.8, 4) is 0 Å². The molecule has 25 heavy (non-hydrogen) atoms. The monoisotopic (exact) mass is 336 g/mol. The van der Waals surface area contributed by atoms with E-state index in [2.05, 4.69) is 34.4 Å². The van der Waals surface area contributed by atoms with Crippen molar-refractivity contribution in [3.05, 3.63) is 54.4 Å². The van der Waals surface area contributed by atoms with E-state index in [1.54, 1.807) is 6.20 Å². The minimum atomic E-state index is -0.0490. The van der Waals surface area contributed by atoms with Crippen LogP contribution in [0.25, 0.3) is 10.9 Å². The molecule has 1 amide bonds. The maximum atomic E-state index is 12.3. The van der Waals surface area contributed by atoms with Crippen molar-refractivity contribution >= 4 is 28.3 Å². The van der Waals surface area contributed by atoms with Crippen molar-refractivity contribution in [2.75, 3.05) is 17.2 Å². The smallest absolute Gasteiger partial charge is 0.228 e. The van der Waals surface area contributed by atoms with Gasteiger partial charge in [0.1, 0.15) is 5.82 Å². The van der Waals surface area contributed by atoms with Gasteiger partial charge >= 0.3 is 0 Å². The molecule has 2 heterocycles. The summed E-state index contributed by atoms with van der Waals surface area (Å²) in [5.41, 5.74) is 2.75. The topological polar surface area (TPSA) is 69.8 Å². The zero-order chi connectivity index (χ0) is 17.6. The summed E-state index contributed by atoms with van der Waals surface area (Å²) in [6, 6.07) is 11.7. The highest BCUT2D eigenvalue weighted by Crippen LogP contribution is 2.19. The number of carbonyl (C=O) groups is 1. The Morgan fingerprint density at radius 3 is 2.80 bits per heavy atom. The van der Waals surface area contributed by atoms with Gasteiger partial charge in [0, 0.05) is 23.6 Å². The second kappa shape index (κ2) is 7.83. The summed E-state index contributed by atoms with van der Waals surface area (Å²) in [6.07, 6.45) is 5.01. The van der Waals surface area contributed by atoms with E-state index in [-0.39, 0.29) is 5.91 Å². The highest BCUT2D eigenvalue weighted by molar-refractivity contribution is 5.95. The van der Waals surface area contributed by atoms with Crippen LogP contribution in [0.2, 0.25) is 0 Å². The standard InChI is InChI=1S/C20H24N4O/c1-14(2)9-10-21-19-8-7-16(13-23-19)24-20(25)11-15-12-22-18-6-4-3-5-17(15)18/h3-8,12-14,22H,9-11H2,1-2H3,(H,21,23)(H,24,25). The van der Waals surface area contributed by atoms with E-state index in [9.17, 15) is 4.79 Å². The van der Waals surface area contributed by atoms with Crippen LogP contribution in [-0.4, -0.2) is 22.4 Å². The maximum Gasteiger partial charge on any atom is 0.228 e. The molecule has 0 aliphatic carbocycles. The molecule has 3 aromatic rings. The van der Waals surface area contributed by atoms with Gasteiger partial charge in [-0.05, 0) is 36.1 Å². The second-order valence-corrected chi connectivity index (χ2v) is 6.63. The number of hydrogen-bond acceptors (Lipinski definition) is 3. The number of anilines is 2. The molecular formula is C20H24N4O. The summed E-state index contributed by atoms with van der Waals surface area (Å²) in [5.74, 6) is 1.44. The second-order valence-electron chi connectivity index (χ2n) is 6.63. The number of amides is 1. The molecule has 2 aromatic heterocycles. The number of rotatable bonds is 7. The lowest BCUT2D eigenvalue weighted by Gasteiger charge is -2.09. The first-order valence-corrected chi connectivity index (χ1v) is 8.66. The molecule has 5 nitrogen and oxygen atoms in total. The number of para-hydroxylation sites is 1. The summed E-state index contributed by atoms with van der Waals surface area (Å²) >= 11 is 0. The molecule has 0 spiro atoms. The summed E-state index contributed by atoms with van der Waals surface area (Å²) in [7, 11) is 0. The number of pyridine rings is 1. The summed E-state index contributed by atoms with van der Waals surface area (Å²) in [6.45, 7) is 5.29. The van der Waals surface area contributed by atoms with Gasteiger partial charge < -0.3 is 15.6 Å². The van der Waals surface area contributed by atoms with Gasteiger partial charge in [-0.25, -0.2) is 4.98 Å². The highest BCUT2D eigenvalue weighted by Gasteiger charge is 2.09. The van der Waals surface area contributed by atoms with Crippen LogP contribution < -0.4 is 10.6 Å². The zero-order valence-corrected chi connectivity index (χ0v) is 14.7. The first-order valence-electron chi connectivity index (χ1n) is 8.66. The van der Waals surface area contributed by atoms with Crippen LogP contribution in [0.1, 0.15) is 25.8 Å². The number of fused-ring (bicyclic) bond motifs is 1. The first-order chi connectivity index (χ1) is 12.1. The van der Waals surface area contributed by atoms with Crippen LogP contribution in [0, 0.1) is 5.92 Å². The molecular weight excluding hydrogens is 312 g/mol. The van der Waals surface area contributed by atoms with E-state index in [0.717, 1.165) is 35.2 Å². The van der Waals surface area contributed by atoms with E-state index in [1.165, 1.54) is 0 Å². The molecule has 130 valence electrons. The van der Waals surface area contributed by atoms with Crippen LogP contribution >= 0.6 is 0 Å². The molecule has 0 saturated heterocycles. The highest BCUT2D eigenvalue weighted by atomic mass is 16.1. The normalized spacial score (nSPS) is 11.0. The molecule has 0 saturated carbocycles. The number of aromatic nitrogens is 2. The van der Waals surface area contributed by atoms with Gasteiger partial charge in [-0.2, -0.15) is 0 Å². The van der Waals surface area contributed by atoms with Crippen LogP contribution in [0.5, 0.6) is 0 Å². The van der Waals surface area contributed by atoms with E-state index in [1.807, 2.05) is 42.6 Å². The van der Waals surface area contributed by atoms with Crippen molar-refractivity contribution < 1.29 is 4.79 Å². The Balaban J connectivity index is 1.56. The third kappa shape index (κ3) is 4.59. The average molecular weight is 336 g/mol. The summed E-state index contributed by atoms with van der Waals surface area (Å²) in [5, 5.41) is 7.27. The minimum absolute atomic E-state index is 0.0490. The Bertz CT molecular complexity index is 836. The number of nitrogens with one attached hydrogen (secondary N) is 3.